The molecule has 0 unspecified atom stereocenters. The molecule has 0 aromatic heterocycles. The van der Waals surface area contributed by atoms with Gasteiger partial charge in [-0.15, -0.1) is 0 Å². The number of urea groups is 1. The highest BCUT2D eigenvalue weighted by Gasteiger charge is 2.44. The van der Waals surface area contributed by atoms with Gasteiger partial charge < -0.3 is 15.5 Å². The number of amides is 3. The minimum Gasteiger partial charge on any atom is -0.341 e. The van der Waals surface area contributed by atoms with Gasteiger partial charge in [-0.2, -0.15) is 0 Å². The number of hydrogen-bond donors (Lipinski definition) is 2. The lowest BCUT2D eigenvalue weighted by molar-refractivity contribution is -0.137. The smallest absolute Gasteiger partial charge is 0.315 e. The fourth-order valence-electron chi connectivity index (χ4n) is 3.47. The largest absolute Gasteiger partial charge is 0.341 e. The standard InChI is InChI=1S/C20H31N3O2/c1-3-5-15-23(4-2)18(24)20(13-9-10-14-20)22-19(25)21-16-17-11-7-6-8-12-17/h6-8,11-12H,3-5,9-10,13-16H2,1-2H3,(H2,21,22,25). The molecule has 1 saturated carbocycles. The van der Waals surface area contributed by atoms with Crippen LogP contribution in [0.2, 0.25) is 0 Å². The van der Waals surface area contributed by atoms with Gasteiger partial charge in [-0.3, -0.25) is 4.79 Å². The molecule has 0 spiro atoms. The Bertz CT molecular complexity index is 553. The zero-order valence-corrected chi connectivity index (χ0v) is 15.5. The van der Waals surface area contributed by atoms with Crippen LogP contribution in [0.15, 0.2) is 30.3 Å². The molecule has 1 aliphatic carbocycles. The molecule has 0 atom stereocenters. The van der Waals surface area contributed by atoms with Crippen LogP contribution in [0.25, 0.3) is 0 Å². The van der Waals surface area contributed by atoms with Gasteiger partial charge in [0.05, 0.1) is 0 Å². The van der Waals surface area contributed by atoms with Crippen LogP contribution in [0.5, 0.6) is 0 Å². The van der Waals surface area contributed by atoms with Gasteiger partial charge >= 0.3 is 6.03 Å². The fraction of sp³-hybridized carbons (Fsp3) is 0.600. The molecule has 5 heteroatoms. The van der Waals surface area contributed by atoms with Crippen LogP contribution in [0, 0.1) is 0 Å². The van der Waals surface area contributed by atoms with Crippen LogP contribution in [-0.2, 0) is 11.3 Å². The average molecular weight is 345 g/mol. The van der Waals surface area contributed by atoms with Crippen molar-refractivity contribution in [3.63, 3.8) is 0 Å². The number of unbranched alkanes of at least 4 members (excludes halogenated alkanes) is 1. The van der Waals surface area contributed by atoms with E-state index in [1.807, 2.05) is 42.2 Å². The van der Waals surface area contributed by atoms with Crippen molar-refractivity contribution in [2.45, 2.75) is 64.5 Å². The maximum Gasteiger partial charge on any atom is 0.315 e. The van der Waals surface area contributed by atoms with E-state index in [0.29, 0.717) is 13.1 Å². The molecule has 2 rings (SSSR count). The number of rotatable bonds is 8. The molecule has 1 fully saturated rings. The van der Waals surface area contributed by atoms with Crippen molar-refractivity contribution >= 4 is 11.9 Å². The second-order valence-electron chi connectivity index (χ2n) is 6.82. The molecular formula is C20H31N3O2. The van der Waals surface area contributed by atoms with Gasteiger partial charge in [0.1, 0.15) is 5.54 Å². The van der Waals surface area contributed by atoms with E-state index in [0.717, 1.165) is 50.6 Å². The number of nitrogens with zero attached hydrogens (tertiary/aromatic N) is 1. The monoisotopic (exact) mass is 345 g/mol. The summed E-state index contributed by atoms with van der Waals surface area (Å²) in [4.78, 5) is 27.4. The Morgan fingerprint density at radius 3 is 2.40 bits per heavy atom. The Labute approximate surface area is 151 Å². The minimum atomic E-state index is -0.732. The number of nitrogens with one attached hydrogen (secondary N) is 2. The van der Waals surface area contributed by atoms with Crippen LogP contribution < -0.4 is 10.6 Å². The number of carbonyl (C=O) groups is 2. The highest BCUT2D eigenvalue weighted by Crippen LogP contribution is 2.31. The second kappa shape index (κ2) is 9.44. The van der Waals surface area contributed by atoms with Gasteiger partial charge in [0, 0.05) is 19.6 Å². The highest BCUT2D eigenvalue weighted by molar-refractivity contribution is 5.91. The van der Waals surface area contributed by atoms with Gasteiger partial charge in [-0.05, 0) is 31.7 Å². The minimum absolute atomic E-state index is 0.0795. The van der Waals surface area contributed by atoms with Crippen molar-refractivity contribution in [1.82, 2.24) is 15.5 Å². The lowest BCUT2D eigenvalue weighted by atomic mass is 9.95. The lowest BCUT2D eigenvalue weighted by Crippen LogP contribution is -2.60. The zero-order valence-electron chi connectivity index (χ0n) is 15.5. The van der Waals surface area contributed by atoms with Gasteiger partial charge in [-0.1, -0.05) is 56.5 Å². The number of likely N-dealkylation sites (N-methyl/N-ethyl adjacent to an activating group) is 1. The van der Waals surface area contributed by atoms with Gasteiger partial charge in [-0.25, -0.2) is 4.79 Å². The van der Waals surface area contributed by atoms with Crippen LogP contribution in [0.1, 0.15) is 57.9 Å². The Morgan fingerprint density at radius 2 is 1.80 bits per heavy atom. The molecule has 5 nitrogen and oxygen atoms in total. The van der Waals surface area contributed by atoms with Crippen LogP contribution in [-0.4, -0.2) is 35.5 Å². The van der Waals surface area contributed by atoms with Crippen molar-refractivity contribution < 1.29 is 9.59 Å². The van der Waals surface area contributed by atoms with E-state index in [1.165, 1.54) is 0 Å². The molecule has 0 heterocycles. The lowest BCUT2D eigenvalue weighted by Gasteiger charge is -2.34. The molecule has 0 saturated heterocycles. The summed E-state index contributed by atoms with van der Waals surface area (Å²) in [5.41, 5.74) is 0.312. The van der Waals surface area contributed by atoms with Crippen LogP contribution in [0.4, 0.5) is 4.79 Å². The topological polar surface area (TPSA) is 61.4 Å². The molecule has 0 radical (unpaired) electrons. The van der Waals surface area contributed by atoms with Crippen molar-refractivity contribution in [3.05, 3.63) is 35.9 Å². The van der Waals surface area contributed by atoms with E-state index in [1.54, 1.807) is 0 Å². The first-order chi connectivity index (χ1) is 12.1. The Kier molecular flexibility index (Phi) is 7.29. The maximum absolute atomic E-state index is 13.1. The Balaban J connectivity index is 1.98. The first kappa shape index (κ1) is 19.3. The summed E-state index contributed by atoms with van der Waals surface area (Å²) in [6.07, 6.45) is 5.48. The molecule has 1 aromatic rings. The predicted octanol–water partition coefficient (Wildman–Crippen LogP) is 3.45. The summed E-state index contributed by atoms with van der Waals surface area (Å²) in [5.74, 6) is 0.0795. The van der Waals surface area contributed by atoms with Gasteiger partial charge in [0.15, 0.2) is 0 Å². The van der Waals surface area contributed by atoms with Crippen LogP contribution >= 0.6 is 0 Å². The molecule has 1 aliphatic rings. The van der Waals surface area contributed by atoms with E-state index < -0.39 is 5.54 Å². The molecule has 2 N–H and O–H groups in total. The molecule has 1 aromatic carbocycles. The van der Waals surface area contributed by atoms with E-state index in [-0.39, 0.29) is 11.9 Å². The molecule has 0 aliphatic heterocycles. The van der Waals surface area contributed by atoms with Crippen molar-refractivity contribution in [3.8, 4) is 0 Å². The third-order valence-corrected chi connectivity index (χ3v) is 4.97. The second-order valence-corrected chi connectivity index (χ2v) is 6.82. The number of hydrogen-bond acceptors (Lipinski definition) is 2. The summed E-state index contributed by atoms with van der Waals surface area (Å²) >= 11 is 0. The van der Waals surface area contributed by atoms with Crippen molar-refractivity contribution in [2.24, 2.45) is 0 Å². The molecular weight excluding hydrogens is 314 g/mol. The summed E-state index contributed by atoms with van der Waals surface area (Å²) < 4.78 is 0. The SMILES string of the molecule is CCCCN(CC)C(=O)C1(NC(=O)NCc2ccccc2)CCCC1. The van der Waals surface area contributed by atoms with E-state index in [4.69, 9.17) is 0 Å². The van der Waals surface area contributed by atoms with E-state index in [2.05, 4.69) is 17.6 Å². The van der Waals surface area contributed by atoms with E-state index in [9.17, 15) is 9.59 Å². The van der Waals surface area contributed by atoms with Gasteiger partial charge in [0.25, 0.3) is 0 Å². The Morgan fingerprint density at radius 1 is 1.12 bits per heavy atom. The molecule has 0 bridgehead atoms. The fourth-order valence-corrected chi connectivity index (χ4v) is 3.47. The highest BCUT2D eigenvalue weighted by atomic mass is 16.2. The van der Waals surface area contributed by atoms with E-state index >= 15 is 0 Å². The third-order valence-electron chi connectivity index (χ3n) is 4.97. The summed E-state index contributed by atoms with van der Waals surface area (Å²) in [6.45, 7) is 6.05. The average Bonchev–Trinajstić information content (AvgIpc) is 3.11. The predicted molar refractivity (Wildman–Crippen MR) is 100 cm³/mol. The Hall–Kier alpha value is -2.04. The summed E-state index contributed by atoms with van der Waals surface area (Å²) in [5, 5.41) is 5.90. The first-order valence-electron chi connectivity index (χ1n) is 9.50. The third kappa shape index (κ3) is 5.21. The summed E-state index contributed by atoms with van der Waals surface area (Å²) in [6, 6.07) is 9.53. The normalized spacial score (nSPS) is 15.6. The first-order valence-corrected chi connectivity index (χ1v) is 9.50. The van der Waals surface area contributed by atoms with Crippen molar-refractivity contribution in [2.75, 3.05) is 13.1 Å². The number of benzene rings is 1. The van der Waals surface area contributed by atoms with Gasteiger partial charge in [0.2, 0.25) is 5.91 Å². The molecule has 138 valence electrons. The molecule has 25 heavy (non-hydrogen) atoms. The zero-order chi connectivity index (χ0) is 18.1. The summed E-state index contributed by atoms with van der Waals surface area (Å²) in [7, 11) is 0. The number of carbonyl (C=O) groups excluding carboxylic acids is 2. The molecule has 3 amide bonds. The quantitative estimate of drug-likeness (QED) is 0.758. The van der Waals surface area contributed by atoms with Crippen molar-refractivity contribution in [1.29, 1.82) is 0 Å². The van der Waals surface area contributed by atoms with Crippen LogP contribution in [0.3, 0.4) is 0 Å². The maximum atomic E-state index is 13.1.